The first-order chi connectivity index (χ1) is 7.40. The predicted molar refractivity (Wildman–Crippen MR) is 58.9 cm³/mol. The highest BCUT2D eigenvalue weighted by Gasteiger charge is 1.98. The number of benzene rings is 1. The van der Waals surface area contributed by atoms with Crippen molar-refractivity contribution in [2.24, 2.45) is 0 Å². The van der Waals surface area contributed by atoms with Gasteiger partial charge >= 0.3 is 0 Å². The second kappa shape index (κ2) is 4.50. The van der Waals surface area contributed by atoms with Crippen LogP contribution >= 0.6 is 0 Å². The first-order valence-electron chi connectivity index (χ1n) is 4.90. The highest BCUT2D eigenvalue weighted by Crippen LogP contribution is 2.03. The molecule has 0 aliphatic carbocycles. The van der Waals surface area contributed by atoms with Gasteiger partial charge in [-0.3, -0.25) is 0 Å². The lowest BCUT2D eigenvalue weighted by Gasteiger charge is -1.94. The maximum absolute atomic E-state index is 3.90. The Morgan fingerprint density at radius 3 is 2.80 bits per heavy atom. The third kappa shape index (κ3) is 2.28. The Balaban J connectivity index is 2.19. The topological polar surface area (TPSA) is 43.6 Å². The molecule has 2 aromatic rings. The fourth-order valence-electron chi connectivity index (χ4n) is 1.28. The molecule has 0 fully saturated rings. The number of tetrazole rings is 1. The van der Waals surface area contributed by atoms with E-state index in [1.165, 1.54) is 0 Å². The van der Waals surface area contributed by atoms with Crippen molar-refractivity contribution in [3.63, 3.8) is 0 Å². The molecule has 0 unspecified atom stereocenters. The second-order valence-electron chi connectivity index (χ2n) is 3.12. The summed E-state index contributed by atoms with van der Waals surface area (Å²) in [5.74, 6) is 0.863. The molecule has 0 spiro atoms. The van der Waals surface area contributed by atoms with E-state index in [0.717, 1.165) is 17.8 Å². The summed E-state index contributed by atoms with van der Waals surface area (Å²) in [7, 11) is 0. The summed E-state index contributed by atoms with van der Waals surface area (Å²) in [5, 5.41) is 11.4. The Hall–Kier alpha value is -1.97. The molecule has 0 amide bonds. The van der Waals surface area contributed by atoms with Crippen LogP contribution in [0.2, 0.25) is 0 Å². The van der Waals surface area contributed by atoms with Crippen molar-refractivity contribution in [3.05, 3.63) is 41.7 Å². The molecule has 0 radical (unpaired) electrons. The summed E-state index contributed by atoms with van der Waals surface area (Å²) in [6.45, 7) is 2.03. The zero-order chi connectivity index (χ0) is 10.5. The summed E-state index contributed by atoms with van der Waals surface area (Å²) in [6.07, 6.45) is 4.68. The minimum atomic E-state index is 0.826. The Labute approximate surface area is 88.2 Å². The molecule has 4 heteroatoms. The largest absolute Gasteiger partial charge is 0.205 e. The third-order valence-corrected chi connectivity index (χ3v) is 2.08. The third-order valence-electron chi connectivity index (χ3n) is 2.08. The molecule has 0 bridgehead atoms. The molecule has 0 aliphatic rings. The number of hydrogen-bond acceptors (Lipinski definition) is 3. The van der Waals surface area contributed by atoms with Gasteiger partial charge in [-0.2, -0.15) is 0 Å². The van der Waals surface area contributed by atoms with Crippen LogP contribution in [0.15, 0.2) is 30.3 Å². The van der Waals surface area contributed by atoms with Gasteiger partial charge in [-0.15, -0.1) is 5.10 Å². The highest BCUT2D eigenvalue weighted by atomic mass is 15.5. The molecule has 0 aliphatic heterocycles. The summed E-state index contributed by atoms with van der Waals surface area (Å²) >= 11 is 0. The Bertz CT molecular complexity index is 445. The lowest BCUT2D eigenvalue weighted by Crippen LogP contribution is -1.95. The van der Waals surface area contributed by atoms with Gasteiger partial charge in [-0.05, 0) is 22.1 Å². The molecule has 0 atom stereocenters. The zero-order valence-electron chi connectivity index (χ0n) is 8.54. The molecule has 0 saturated carbocycles. The van der Waals surface area contributed by atoms with E-state index in [0.29, 0.717) is 0 Å². The van der Waals surface area contributed by atoms with Crippen LogP contribution in [0.1, 0.15) is 18.3 Å². The minimum absolute atomic E-state index is 0.826. The van der Waals surface area contributed by atoms with E-state index in [9.17, 15) is 0 Å². The second-order valence-corrected chi connectivity index (χ2v) is 3.12. The van der Waals surface area contributed by atoms with E-state index in [1.54, 1.807) is 4.68 Å². The molecular weight excluding hydrogens is 188 g/mol. The van der Waals surface area contributed by atoms with Gasteiger partial charge in [0.2, 0.25) is 0 Å². The molecule has 1 heterocycles. The van der Waals surface area contributed by atoms with E-state index in [1.807, 2.05) is 49.5 Å². The van der Waals surface area contributed by atoms with Crippen molar-refractivity contribution >= 4 is 12.3 Å². The van der Waals surface area contributed by atoms with Crippen LogP contribution in [-0.4, -0.2) is 20.2 Å². The van der Waals surface area contributed by atoms with Gasteiger partial charge in [-0.1, -0.05) is 37.3 Å². The van der Waals surface area contributed by atoms with E-state index in [4.69, 9.17) is 0 Å². The summed E-state index contributed by atoms with van der Waals surface area (Å²) in [6, 6.07) is 10.1. The van der Waals surface area contributed by atoms with Crippen molar-refractivity contribution in [2.75, 3.05) is 0 Å². The van der Waals surface area contributed by atoms with Crippen molar-refractivity contribution in [1.82, 2.24) is 20.2 Å². The van der Waals surface area contributed by atoms with E-state index in [-0.39, 0.29) is 0 Å². The Kier molecular flexibility index (Phi) is 2.88. The molecule has 1 aromatic carbocycles. The number of nitrogens with zero attached hydrogens (tertiary/aromatic N) is 4. The Morgan fingerprint density at radius 2 is 2.07 bits per heavy atom. The maximum atomic E-state index is 3.90. The molecular formula is C11H12N4. The molecule has 15 heavy (non-hydrogen) atoms. The van der Waals surface area contributed by atoms with Gasteiger partial charge in [0.15, 0.2) is 5.82 Å². The van der Waals surface area contributed by atoms with Crippen LogP contribution in [0.25, 0.3) is 12.3 Å². The van der Waals surface area contributed by atoms with Crippen molar-refractivity contribution in [2.45, 2.75) is 13.3 Å². The summed E-state index contributed by atoms with van der Waals surface area (Å²) in [5.41, 5.74) is 1.13. The maximum Gasteiger partial charge on any atom is 0.155 e. The number of aryl methyl sites for hydroxylation is 1. The molecule has 0 N–H and O–H groups in total. The van der Waals surface area contributed by atoms with Gasteiger partial charge in [0.05, 0.1) is 0 Å². The molecule has 1 aromatic heterocycles. The normalized spacial score (nSPS) is 11.0. The van der Waals surface area contributed by atoms with Crippen molar-refractivity contribution in [1.29, 1.82) is 0 Å². The number of rotatable bonds is 3. The van der Waals surface area contributed by atoms with E-state index >= 15 is 0 Å². The van der Waals surface area contributed by atoms with E-state index in [2.05, 4.69) is 15.5 Å². The van der Waals surface area contributed by atoms with Crippen LogP contribution < -0.4 is 0 Å². The highest BCUT2D eigenvalue weighted by molar-refractivity contribution is 5.59. The van der Waals surface area contributed by atoms with Gasteiger partial charge in [0.1, 0.15) is 0 Å². The minimum Gasteiger partial charge on any atom is -0.205 e. The molecule has 4 nitrogen and oxygen atoms in total. The first kappa shape index (κ1) is 9.58. The zero-order valence-corrected chi connectivity index (χ0v) is 8.54. The van der Waals surface area contributed by atoms with Crippen LogP contribution in [0.3, 0.4) is 0 Å². The average molecular weight is 200 g/mol. The van der Waals surface area contributed by atoms with E-state index < -0.39 is 0 Å². The quantitative estimate of drug-likeness (QED) is 0.759. The van der Waals surface area contributed by atoms with Crippen molar-refractivity contribution < 1.29 is 0 Å². The Morgan fingerprint density at radius 1 is 1.27 bits per heavy atom. The lowest BCUT2D eigenvalue weighted by atomic mass is 10.2. The molecule has 76 valence electrons. The van der Waals surface area contributed by atoms with Crippen LogP contribution in [-0.2, 0) is 6.42 Å². The monoisotopic (exact) mass is 200 g/mol. The summed E-state index contributed by atoms with van der Waals surface area (Å²) < 4.78 is 1.69. The molecule has 2 rings (SSSR count). The average Bonchev–Trinajstić information content (AvgIpc) is 2.75. The first-order valence-corrected chi connectivity index (χ1v) is 4.90. The van der Waals surface area contributed by atoms with Gasteiger partial charge in [0, 0.05) is 12.6 Å². The summed E-state index contributed by atoms with van der Waals surface area (Å²) in [4.78, 5) is 0. The van der Waals surface area contributed by atoms with Crippen LogP contribution in [0, 0.1) is 0 Å². The van der Waals surface area contributed by atoms with Crippen molar-refractivity contribution in [3.8, 4) is 0 Å². The predicted octanol–water partition coefficient (Wildman–Crippen LogP) is 1.86. The number of aromatic nitrogens is 4. The SMILES string of the molecule is CCc1nnnn1/C=C/c1ccccc1. The lowest BCUT2D eigenvalue weighted by molar-refractivity contribution is 0.803. The standard InChI is InChI=1S/C11H12N4/c1-2-11-12-13-14-15(11)9-8-10-6-4-3-5-7-10/h3-9H,2H2,1H3/b9-8+. The van der Waals surface area contributed by atoms with Crippen LogP contribution in [0.4, 0.5) is 0 Å². The molecule has 0 saturated heterocycles. The van der Waals surface area contributed by atoms with Gasteiger partial charge in [0.25, 0.3) is 0 Å². The fraction of sp³-hybridized carbons (Fsp3) is 0.182. The van der Waals surface area contributed by atoms with Gasteiger partial charge < -0.3 is 0 Å². The van der Waals surface area contributed by atoms with Crippen LogP contribution in [0.5, 0.6) is 0 Å². The smallest absolute Gasteiger partial charge is 0.155 e. The van der Waals surface area contributed by atoms with Gasteiger partial charge in [-0.25, -0.2) is 4.68 Å². The fourth-order valence-corrected chi connectivity index (χ4v) is 1.28. The number of hydrogen-bond donors (Lipinski definition) is 0.